The van der Waals surface area contributed by atoms with Crippen LogP contribution in [0.3, 0.4) is 0 Å². The Hall–Kier alpha value is -2.82. The molecule has 1 aliphatic heterocycles. The van der Waals surface area contributed by atoms with Crippen molar-refractivity contribution in [1.29, 1.82) is 0 Å². The highest BCUT2D eigenvalue weighted by Crippen LogP contribution is 2.17. The highest BCUT2D eigenvalue weighted by atomic mass is 16.2. The van der Waals surface area contributed by atoms with E-state index in [0.717, 1.165) is 24.2 Å². The van der Waals surface area contributed by atoms with E-state index >= 15 is 0 Å². The smallest absolute Gasteiger partial charge is 0.239 e. The minimum atomic E-state index is 0.0569. The van der Waals surface area contributed by atoms with Gasteiger partial charge in [0.25, 0.3) is 0 Å². The van der Waals surface area contributed by atoms with Gasteiger partial charge in [0.05, 0.1) is 6.54 Å². The molecule has 28 heavy (non-hydrogen) atoms. The summed E-state index contributed by atoms with van der Waals surface area (Å²) in [6.07, 6.45) is 1.24. The van der Waals surface area contributed by atoms with Gasteiger partial charge in [0.2, 0.25) is 11.8 Å². The zero-order valence-electron chi connectivity index (χ0n) is 16.7. The highest BCUT2D eigenvalue weighted by Gasteiger charge is 2.16. The summed E-state index contributed by atoms with van der Waals surface area (Å²) >= 11 is 0. The van der Waals surface area contributed by atoms with E-state index in [-0.39, 0.29) is 11.8 Å². The highest BCUT2D eigenvalue weighted by molar-refractivity contribution is 5.82. The van der Waals surface area contributed by atoms with E-state index in [0.29, 0.717) is 32.0 Å². The molecular formula is C23H29N3O2. The number of aryl methyl sites for hydroxylation is 1. The fourth-order valence-corrected chi connectivity index (χ4v) is 3.30. The van der Waals surface area contributed by atoms with Gasteiger partial charge in [-0.1, -0.05) is 50.2 Å². The molecule has 5 heteroatoms. The second-order valence-corrected chi connectivity index (χ2v) is 7.61. The Morgan fingerprint density at radius 3 is 2.39 bits per heavy atom. The van der Waals surface area contributed by atoms with Crippen molar-refractivity contribution in [2.45, 2.75) is 39.2 Å². The van der Waals surface area contributed by atoms with E-state index in [2.05, 4.69) is 53.6 Å². The Morgan fingerprint density at radius 1 is 1.07 bits per heavy atom. The Bertz CT molecular complexity index is 798. The van der Waals surface area contributed by atoms with E-state index in [1.807, 2.05) is 24.3 Å². The molecule has 1 aliphatic rings. The van der Waals surface area contributed by atoms with E-state index < -0.39 is 0 Å². The van der Waals surface area contributed by atoms with Crippen molar-refractivity contribution in [3.05, 3.63) is 65.2 Å². The average molecular weight is 380 g/mol. The third kappa shape index (κ3) is 5.59. The SMILES string of the molecule is CC(C)c1ccc(CCC(=O)NCc2ccc(N3CCNC(=O)C3)cc2)cc1. The predicted molar refractivity (Wildman–Crippen MR) is 112 cm³/mol. The fourth-order valence-electron chi connectivity index (χ4n) is 3.30. The van der Waals surface area contributed by atoms with Gasteiger partial charge in [0.15, 0.2) is 0 Å². The monoisotopic (exact) mass is 379 g/mol. The molecule has 1 heterocycles. The van der Waals surface area contributed by atoms with Gasteiger partial charge in [-0.25, -0.2) is 0 Å². The summed E-state index contributed by atoms with van der Waals surface area (Å²) in [6, 6.07) is 16.5. The van der Waals surface area contributed by atoms with Gasteiger partial charge in [-0.2, -0.15) is 0 Å². The molecule has 2 aromatic carbocycles. The van der Waals surface area contributed by atoms with Crippen LogP contribution in [0, 0.1) is 0 Å². The normalized spacial score (nSPS) is 14.1. The maximum atomic E-state index is 12.2. The molecule has 2 amide bonds. The number of amides is 2. The lowest BCUT2D eigenvalue weighted by Gasteiger charge is -2.28. The van der Waals surface area contributed by atoms with Gasteiger partial charge < -0.3 is 15.5 Å². The zero-order valence-corrected chi connectivity index (χ0v) is 16.7. The lowest BCUT2D eigenvalue weighted by Crippen LogP contribution is -2.47. The van der Waals surface area contributed by atoms with Crippen LogP contribution in [-0.2, 0) is 22.6 Å². The minimum absolute atomic E-state index is 0.0569. The first-order valence-corrected chi connectivity index (χ1v) is 9.97. The van der Waals surface area contributed by atoms with Crippen LogP contribution < -0.4 is 15.5 Å². The molecule has 0 radical (unpaired) electrons. The van der Waals surface area contributed by atoms with E-state index in [9.17, 15) is 9.59 Å². The molecule has 1 fully saturated rings. The van der Waals surface area contributed by atoms with Gasteiger partial charge in [-0.05, 0) is 41.2 Å². The number of nitrogens with one attached hydrogen (secondary N) is 2. The van der Waals surface area contributed by atoms with E-state index in [4.69, 9.17) is 0 Å². The van der Waals surface area contributed by atoms with Crippen molar-refractivity contribution in [3.63, 3.8) is 0 Å². The van der Waals surface area contributed by atoms with Crippen LogP contribution in [0.4, 0.5) is 5.69 Å². The molecule has 0 unspecified atom stereocenters. The third-order valence-corrected chi connectivity index (χ3v) is 5.12. The van der Waals surface area contributed by atoms with Gasteiger partial charge in [-0.15, -0.1) is 0 Å². The molecule has 2 N–H and O–H groups in total. The fraction of sp³-hybridized carbons (Fsp3) is 0.391. The summed E-state index contributed by atoms with van der Waals surface area (Å²) in [7, 11) is 0. The standard InChI is InChI=1S/C23H29N3O2/c1-17(2)20-8-3-18(4-9-20)7-12-22(27)25-15-19-5-10-21(11-6-19)26-14-13-24-23(28)16-26/h3-6,8-11,17H,7,12-16H2,1-2H3,(H,24,28)(H,25,27). The summed E-state index contributed by atoms with van der Waals surface area (Å²) in [4.78, 5) is 25.7. The van der Waals surface area contributed by atoms with Crippen LogP contribution in [0.2, 0.25) is 0 Å². The number of anilines is 1. The maximum absolute atomic E-state index is 12.2. The molecule has 1 saturated heterocycles. The predicted octanol–water partition coefficient (Wildman–Crippen LogP) is 3.00. The van der Waals surface area contributed by atoms with Crippen molar-refractivity contribution >= 4 is 17.5 Å². The summed E-state index contributed by atoms with van der Waals surface area (Å²) in [6.45, 7) is 6.77. The topological polar surface area (TPSA) is 61.4 Å². The Labute approximate surface area is 167 Å². The lowest BCUT2D eigenvalue weighted by molar-refractivity contribution is -0.121. The number of rotatable bonds is 7. The molecule has 148 valence electrons. The van der Waals surface area contributed by atoms with Gasteiger partial charge in [0, 0.05) is 31.7 Å². The molecule has 5 nitrogen and oxygen atoms in total. The Morgan fingerprint density at radius 2 is 1.75 bits per heavy atom. The number of nitrogens with zero attached hydrogens (tertiary/aromatic N) is 1. The van der Waals surface area contributed by atoms with Crippen molar-refractivity contribution in [2.24, 2.45) is 0 Å². The number of hydrogen-bond donors (Lipinski definition) is 2. The summed E-state index contributed by atoms with van der Waals surface area (Å²) < 4.78 is 0. The molecule has 3 rings (SSSR count). The first-order valence-electron chi connectivity index (χ1n) is 9.97. The van der Waals surface area contributed by atoms with Crippen LogP contribution in [0.15, 0.2) is 48.5 Å². The van der Waals surface area contributed by atoms with Crippen molar-refractivity contribution in [1.82, 2.24) is 10.6 Å². The second-order valence-electron chi connectivity index (χ2n) is 7.61. The molecule has 0 atom stereocenters. The third-order valence-electron chi connectivity index (χ3n) is 5.12. The molecule has 0 aromatic heterocycles. The van der Waals surface area contributed by atoms with E-state index in [1.165, 1.54) is 11.1 Å². The zero-order chi connectivity index (χ0) is 19.9. The molecule has 0 spiro atoms. The van der Waals surface area contributed by atoms with Crippen molar-refractivity contribution < 1.29 is 9.59 Å². The summed E-state index contributed by atoms with van der Waals surface area (Å²) in [5.74, 6) is 0.641. The van der Waals surface area contributed by atoms with Gasteiger partial charge in [-0.3, -0.25) is 9.59 Å². The molecular weight excluding hydrogens is 350 g/mol. The summed E-state index contributed by atoms with van der Waals surface area (Å²) in [5.41, 5.74) is 4.60. The van der Waals surface area contributed by atoms with Crippen molar-refractivity contribution in [3.8, 4) is 0 Å². The minimum Gasteiger partial charge on any atom is -0.360 e. The van der Waals surface area contributed by atoms with Crippen LogP contribution in [0.25, 0.3) is 0 Å². The molecule has 0 bridgehead atoms. The second kappa shape index (κ2) is 9.40. The molecule has 2 aromatic rings. The number of hydrogen-bond acceptors (Lipinski definition) is 3. The number of carbonyl (C=O) groups excluding carboxylic acids is 2. The number of piperazine rings is 1. The van der Waals surface area contributed by atoms with Gasteiger partial charge >= 0.3 is 0 Å². The number of carbonyl (C=O) groups is 2. The van der Waals surface area contributed by atoms with Crippen LogP contribution >= 0.6 is 0 Å². The quantitative estimate of drug-likeness (QED) is 0.777. The van der Waals surface area contributed by atoms with Crippen LogP contribution in [-0.4, -0.2) is 31.4 Å². The first kappa shape index (κ1) is 19.9. The lowest BCUT2D eigenvalue weighted by atomic mass is 10.0. The number of benzene rings is 2. The summed E-state index contributed by atoms with van der Waals surface area (Å²) in [5, 5.41) is 5.82. The largest absolute Gasteiger partial charge is 0.360 e. The van der Waals surface area contributed by atoms with Gasteiger partial charge in [0.1, 0.15) is 0 Å². The Kier molecular flexibility index (Phi) is 6.69. The van der Waals surface area contributed by atoms with Crippen LogP contribution in [0.5, 0.6) is 0 Å². The first-order chi connectivity index (χ1) is 13.5. The van der Waals surface area contributed by atoms with E-state index in [1.54, 1.807) is 0 Å². The average Bonchev–Trinajstić information content (AvgIpc) is 2.71. The molecule has 0 aliphatic carbocycles. The Balaban J connectivity index is 1.43. The van der Waals surface area contributed by atoms with Crippen LogP contribution in [0.1, 0.15) is 42.9 Å². The van der Waals surface area contributed by atoms with Crippen molar-refractivity contribution in [2.75, 3.05) is 24.5 Å². The maximum Gasteiger partial charge on any atom is 0.239 e. The molecule has 0 saturated carbocycles.